The second kappa shape index (κ2) is 10.8. The summed E-state index contributed by atoms with van der Waals surface area (Å²) in [5, 5.41) is 3.57. The molecule has 1 aromatic rings. The fraction of sp³-hybridized carbons (Fsp3) is 0.636. The van der Waals surface area contributed by atoms with Gasteiger partial charge in [-0.3, -0.25) is 9.59 Å². The van der Waals surface area contributed by atoms with E-state index in [1.807, 2.05) is 17.0 Å². The highest BCUT2D eigenvalue weighted by molar-refractivity contribution is 6.33. The maximum atomic E-state index is 12.6. The molecule has 3 rings (SSSR count). The van der Waals surface area contributed by atoms with Crippen molar-refractivity contribution in [2.75, 3.05) is 39.3 Å². The zero-order valence-corrected chi connectivity index (χ0v) is 17.4. The molecule has 0 radical (unpaired) electrons. The first-order chi connectivity index (χ1) is 13.6. The number of amides is 2. The molecule has 1 N–H and O–H groups in total. The van der Waals surface area contributed by atoms with Gasteiger partial charge in [0.2, 0.25) is 5.91 Å². The summed E-state index contributed by atoms with van der Waals surface area (Å²) >= 11 is 6.14. The van der Waals surface area contributed by atoms with Gasteiger partial charge in [-0.15, -0.1) is 0 Å². The Hall–Kier alpha value is -1.59. The molecule has 2 fully saturated rings. The Morgan fingerprint density at radius 2 is 1.75 bits per heavy atom. The lowest BCUT2D eigenvalue weighted by Gasteiger charge is -2.32. The van der Waals surface area contributed by atoms with E-state index >= 15 is 0 Å². The molecule has 0 spiro atoms. The molecule has 2 heterocycles. The van der Waals surface area contributed by atoms with E-state index in [1.54, 1.807) is 12.1 Å². The molecule has 2 aliphatic heterocycles. The van der Waals surface area contributed by atoms with Crippen LogP contribution >= 0.6 is 11.6 Å². The van der Waals surface area contributed by atoms with Crippen LogP contribution in [0.25, 0.3) is 0 Å². The fourth-order valence-electron chi connectivity index (χ4n) is 4.19. The number of likely N-dealkylation sites (tertiary alicyclic amines) is 2. The standard InChI is InChI=1S/C22H32ClN3O2/c23-20-8-3-2-7-19(20)22(28)26-15-9-18(10-16-26)17-21(27)24-11-6-14-25-12-4-1-5-13-25/h2-3,7-8,18H,1,4-6,9-17H2,(H,24,27). The number of nitrogens with one attached hydrogen (secondary N) is 1. The van der Waals surface area contributed by atoms with Gasteiger partial charge >= 0.3 is 0 Å². The summed E-state index contributed by atoms with van der Waals surface area (Å²) in [5.41, 5.74) is 0.564. The molecule has 2 saturated heterocycles. The number of rotatable bonds is 7. The van der Waals surface area contributed by atoms with Crippen molar-refractivity contribution in [3.63, 3.8) is 0 Å². The Morgan fingerprint density at radius 3 is 2.46 bits per heavy atom. The van der Waals surface area contributed by atoms with Gasteiger partial charge in [0.1, 0.15) is 0 Å². The van der Waals surface area contributed by atoms with Crippen LogP contribution in [-0.4, -0.2) is 60.9 Å². The van der Waals surface area contributed by atoms with Gasteiger partial charge in [-0.2, -0.15) is 0 Å². The highest BCUT2D eigenvalue weighted by Gasteiger charge is 2.26. The monoisotopic (exact) mass is 405 g/mol. The molecule has 6 heteroatoms. The fourth-order valence-corrected chi connectivity index (χ4v) is 4.41. The molecule has 1 aromatic carbocycles. The summed E-state index contributed by atoms with van der Waals surface area (Å²) in [5.74, 6) is 0.498. The number of carbonyl (C=O) groups excluding carboxylic acids is 2. The third-order valence-electron chi connectivity index (χ3n) is 5.90. The van der Waals surface area contributed by atoms with Gasteiger partial charge in [0.05, 0.1) is 10.6 Å². The van der Waals surface area contributed by atoms with Gasteiger partial charge in [0.25, 0.3) is 5.91 Å². The summed E-state index contributed by atoms with van der Waals surface area (Å²) in [6, 6.07) is 7.18. The average Bonchev–Trinajstić information content (AvgIpc) is 2.72. The summed E-state index contributed by atoms with van der Waals surface area (Å²) in [7, 11) is 0. The van der Waals surface area contributed by atoms with E-state index in [9.17, 15) is 9.59 Å². The van der Waals surface area contributed by atoms with Crippen LogP contribution in [0.15, 0.2) is 24.3 Å². The lowest BCUT2D eigenvalue weighted by Crippen LogP contribution is -2.40. The van der Waals surface area contributed by atoms with Crippen LogP contribution in [0.1, 0.15) is 55.3 Å². The largest absolute Gasteiger partial charge is 0.356 e. The smallest absolute Gasteiger partial charge is 0.255 e. The quantitative estimate of drug-likeness (QED) is 0.705. The van der Waals surface area contributed by atoms with Crippen molar-refractivity contribution in [2.24, 2.45) is 5.92 Å². The first-order valence-corrected chi connectivity index (χ1v) is 11.0. The summed E-state index contributed by atoms with van der Waals surface area (Å²) in [6.45, 7) is 5.65. The topological polar surface area (TPSA) is 52.7 Å². The van der Waals surface area contributed by atoms with Crippen molar-refractivity contribution in [1.29, 1.82) is 0 Å². The Balaban J connectivity index is 1.32. The second-order valence-electron chi connectivity index (χ2n) is 8.03. The molecule has 28 heavy (non-hydrogen) atoms. The number of halogens is 1. The molecule has 2 amide bonds. The van der Waals surface area contributed by atoms with Gasteiger partial charge in [-0.1, -0.05) is 30.2 Å². The summed E-state index contributed by atoms with van der Waals surface area (Å²) in [6.07, 6.45) is 7.31. The first kappa shape index (κ1) is 21.1. The van der Waals surface area contributed by atoms with Crippen molar-refractivity contribution in [3.05, 3.63) is 34.9 Å². The van der Waals surface area contributed by atoms with Crippen molar-refractivity contribution in [2.45, 2.75) is 44.9 Å². The molecule has 0 aliphatic carbocycles. The maximum absolute atomic E-state index is 12.6. The number of hydrogen-bond acceptors (Lipinski definition) is 3. The third kappa shape index (κ3) is 6.21. The van der Waals surface area contributed by atoms with E-state index in [0.29, 0.717) is 36.0 Å². The Kier molecular flexibility index (Phi) is 8.16. The molecular formula is C22H32ClN3O2. The van der Waals surface area contributed by atoms with Crippen LogP contribution in [0.5, 0.6) is 0 Å². The summed E-state index contributed by atoms with van der Waals surface area (Å²) < 4.78 is 0. The summed E-state index contributed by atoms with van der Waals surface area (Å²) in [4.78, 5) is 29.2. The van der Waals surface area contributed by atoms with Crippen molar-refractivity contribution in [1.82, 2.24) is 15.1 Å². The van der Waals surface area contributed by atoms with Crippen LogP contribution in [0.3, 0.4) is 0 Å². The predicted octanol–water partition coefficient (Wildman–Crippen LogP) is 3.57. The highest BCUT2D eigenvalue weighted by atomic mass is 35.5. The molecule has 0 aromatic heterocycles. The minimum atomic E-state index is -0.00813. The minimum Gasteiger partial charge on any atom is -0.356 e. The number of piperidine rings is 2. The van der Waals surface area contributed by atoms with E-state index < -0.39 is 0 Å². The van der Waals surface area contributed by atoms with Crippen LogP contribution in [-0.2, 0) is 4.79 Å². The maximum Gasteiger partial charge on any atom is 0.255 e. The van der Waals surface area contributed by atoms with Gasteiger partial charge in [0, 0.05) is 26.1 Å². The van der Waals surface area contributed by atoms with E-state index in [4.69, 9.17) is 11.6 Å². The molecule has 0 unspecified atom stereocenters. The zero-order valence-electron chi connectivity index (χ0n) is 16.7. The SMILES string of the molecule is O=C(CC1CCN(C(=O)c2ccccc2Cl)CC1)NCCCN1CCCCC1. The molecule has 154 valence electrons. The second-order valence-corrected chi connectivity index (χ2v) is 8.43. The Bertz CT molecular complexity index is 653. The lowest BCUT2D eigenvalue weighted by atomic mass is 9.93. The van der Waals surface area contributed by atoms with E-state index in [0.717, 1.165) is 32.4 Å². The molecule has 0 atom stereocenters. The third-order valence-corrected chi connectivity index (χ3v) is 6.23. The zero-order chi connectivity index (χ0) is 19.8. The van der Waals surface area contributed by atoms with Crippen LogP contribution in [0.4, 0.5) is 0 Å². The van der Waals surface area contributed by atoms with Crippen LogP contribution < -0.4 is 5.32 Å². The van der Waals surface area contributed by atoms with Crippen molar-refractivity contribution < 1.29 is 9.59 Å². The average molecular weight is 406 g/mol. The number of carbonyl (C=O) groups is 2. The minimum absolute atomic E-state index is 0.00813. The number of benzene rings is 1. The molecule has 5 nitrogen and oxygen atoms in total. The normalized spacial score (nSPS) is 18.8. The molecule has 2 aliphatic rings. The Morgan fingerprint density at radius 1 is 1.04 bits per heavy atom. The van der Waals surface area contributed by atoms with Crippen LogP contribution in [0.2, 0.25) is 5.02 Å². The Labute approximate surface area is 173 Å². The highest BCUT2D eigenvalue weighted by Crippen LogP contribution is 2.24. The van der Waals surface area contributed by atoms with E-state index in [2.05, 4.69) is 10.2 Å². The van der Waals surface area contributed by atoms with Crippen LogP contribution in [0, 0.1) is 5.92 Å². The predicted molar refractivity (Wildman–Crippen MR) is 113 cm³/mol. The number of nitrogens with zero attached hydrogens (tertiary/aromatic N) is 2. The van der Waals surface area contributed by atoms with Gasteiger partial charge in [-0.25, -0.2) is 0 Å². The lowest BCUT2D eigenvalue weighted by molar-refractivity contribution is -0.122. The van der Waals surface area contributed by atoms with Crippen molar-refractivity contribution >= 4 is 23.4 Å². The molecular weight excluding hydrogens is 374 g/mol. The van der Waals surface area contributed by atoms with Crippen molar-refractivity contribution in [3.8, 4) is 0 Å². The number of hydrogen-bond donors (Lipinski definition) is 1. The van der Waals surface area contributed by atoms with Gasteiger partial charge in [-0.05, 0) is 69.8 Å². The van der Waals surface area contributed by atoms with Gasteiger partial charge in [0.15, 0.2) is 0 Å². The van der Waals surface area contributed by atoms with E-state index in [-0.39, 0.29) is 11.8 Å². The van der Waals surface area contributed by atoms with E-state index in [1.165, 1.54) is 32.4 Å². The first-order valence-electron chi connectivity index (χ1n) is 10.7. The molecule has 0 saturated carbocycles. The molecule has 0 bridgehead atoms. The van der Waals surface area contributed by atoms with Gasteiger partial charge < -0.3 is 15.1 Å².